The minimum Gasteiger partial charge on any atom is -0.448 e. The van der Waals surface area contributed by atoms with Gasteiger partial charge in [-0.15, -0.1) is 0 Å². The topological polar surface area (TPSA) is 53.3 Å². The summed E-state index contributed by atoms with van der Waals surface area (Å²) in [6, 6.07) is 25.2. The van der Waals surface area contributed by atoms with Crippen LogP contribution in [0.3, 0.4) is 0 Å². The first kappa shape index (κ1) is 20.7. The van der Waals surface area contributed by atoms with E-state index >= 15 is 0 Å². The van der Waals surface area contributed by atoms with Crippen molar-refractivity contribution < 1.29 is 9.53 Å². The number of carbonyl (C=O) groups excluding carboxylic acids is 1. The first-order chi connectivity index (χ1) is 16.7. The second kappa shape index (κ2) is 8.18. The lowest BCUT2D eigenvalue weighted by Crippen LogP contribution is -2.43. The Kier molecular flexibility index (Phi) is 4.99. The Balaban J connectivity index is 1.21. The van der Waals surface area contributed by atoms with Gasteiger partial charge in [-0.2, -0.15) is 5.26 Å². The Morgan fingerprint density at radius 3 is 2.32 bits per heavy atom. The molecule has 3 aliphatic rings. The Morgan fingerprint density at radius 1 is 0.971 bits per heavy atom. The first-order valence-corrected chi connectivity index (χ1v) is 12.0. The maximum absolute atomic E-state index is 13.3. The van der Waals surface area contributed by atoms with Crippen molar-refractivity contribution in [3.05, 3.63) is 101 Å². The van der Waals surface area contributed by atoms with E-state index in [2.05, 4.69) is 66.7 Å². The van der Waals surface area contributed by atoms with Crippen LogP contribution in [0.4, 0.5) is 4.79 Å². The molecule has 2 bridgehead atoms. The third-order valence-electron chi connectivity index (χ3n) is 7.74. The molecule has 0 aromatic heterocycles. The van der Waals surface area contributed by atoms with Crippen LogP contribution in [-0.4, -0.2) is 29.7 Å². The molecule has 2 unspecified atom stereocenters. The molecule has 34 heavy (non-hydrogen) atoms. The van der Waals surface area contributed by atoms with Crippen molar-refractivity contribution in [1.82, 2.24) is 4.90 Å². The van der Waals surface area contributed by atoms with E-state index in [1.54, 1.807) is 0 Å². The highest BCUT2D eigenvalue weighted by molar-refractivity contribution is 5.80. The van der Waals surface area contributed by atoms with Crippen molar-refractivity contribution in [2.45, 2.75) is 44.2 Å². The SMILES string of the molecule is Cc1c(C#N)cccc1C1=CC2CCC(C1)N2C(=O)OCC1c2ccccc2-c2ccccc21. The van der Waals surface area contributed by atoms with Crippen LogP contribution < -0.4 is 0 Å². The van der Waals surface area contributed by atoms with Gasteiger partial charge < -0.3 is 4.74 Å². The Labute approximate surface area is 200 Å². The van der Waals surface area contributed by atoms with E-state index in [1.165, 1.54) is 27.8 Å². The van der Waals surface area contributed by atoms with Crippen LogP contribution in [0.5, 0.6) is 0 Å². The molecule has 168 valence electrons. The summed E-state index contributed by atoms with van der Waals surface area (Å²) in [5.41, 5.74) is 9.03. The lowest BCUT2D eigenvalue weighted by Gasteiger charge is -2.34. The van der Waals surface area contributed by atoms with Gasteiger partial charge in [-0.05, 0) is 71.2 Å². The summed E-state index contributed by atoms with van der Waals surface area (Å²) in [7, 11) is 0. The van der Waals surface area contributed by atoms with E-state index in [0.29, 0.717) is 12.2 Å². The molecule has 3 aromatic carbocycles. The van der Waals surface area contributed by atoms with Gasteiger partial charge in [0.05, 0.1) is 17.7 Å². The number of rotatable bonds is 3. The van der Waals surface area contributed by atoms with Crippen LogP contribution in [0, 0.1) is 18.3 Å². The molecule has 2 aliphatic heterocycles. The van der Waals surface area contributed by atoms with Crippen LogP contribution in [0.1, 0.15) is 53.0 Å². The van der Waals surface area contributed by atoms with Crippen molar-refractivity contribution in [3.63, 3.8) is 0 Å². The van der Waals surface area contributed by atoms with Crippen LogP contribution in [-0.2, 0) is 4.74 Å². The summed E-state index contributed by atoms with van der Waals surface area (Å²) >= 11 is 0. The molecule has 0 spiro atoms. The molecule has 1 saturated heterocycles. The molecule has 4 nitrogen and oxygen atoms in total. The molecule has 1 amide bonds. The third-order valence-corrected chi connectivity index (χ3v) is 7.74. The fourth-order valence-corrected chi connectivity index (χ4v) is 6.09. The van der Waals surface area contributed by atoms with E-state index in [9.17, 15) is 10.1 Å². The van der Waals surface area contributed by atoms with Crippen LogP contribution >= 0.6 is 0 Å². The summed E-state index contributed by atoms with van der Waals surface area (Å²) in [4.78, 5) is 15.2. The Hall–Kier alpha value is -3.84. The number of nitrogens with zero attached hydrogens (tertiary/aromatic N) is 2. The maximum atomic E-state index is 13.3. The molecule has 1 aliphatic carbocycles. The highest BCUT2D eigenvalue weighted by Gasteiger charge is 2.41. The summed E-state index contributed by atoms with van der Waals surface area (Å²) in [5.74, 6) is 0.0706. The number of carbonyl (C=O) groups is 1. The third kappa shape index (κ3) is 3.23. The molecule has 3 aromatic rings. The Morgan fingerprint density at radius 2 is 1.65 bits per heavy atom. The van der Waals surface area contributed by atoms with Gasteiger partial charge in [-0.3, -0.25) is 4.90 Å². The van der Waals surface area contributed by atoms with Crippen LogP contribution in [0.25, 0.3) is 16.7 Å². The van der Waals surface area contributed by atoms with Crippen molar-refractivity contribution in [1.29, 1.82) is 5.26 Å². The number of benzene rings is 3. The van der Waals surface area contributed by atoms with Crippen molar-refractivity contribution in [2.75, 3.05) is 6.61 Å². The zero-order valence-corrected chi connectivity index (χ0v) is 19.2. The first-order valence-electron chi connectivity index (χ1n) is 12.0. The number of amides is 1. The highest BCUT2D eigenvalue weighted by atomic mass is 16.6. The number of hydrogen-bond donors (Lipinski definition) is 0. The van der Waals surface area contributed by atoms with Gasteiger partial charge in [0, 0.05) is 12.0 Å². The van der Waals surface area contributed by atoms with Crippen molar-refractivity contribution in [3.8, 4) is 17.2 Å². The highest BCUT2D eigenvalue weighted by Crippen LogP contribution is 2.45. The predicted molar refractivity (Wildman–Crippen MR) is 132 cm³/mol. The molecule has 0 saturated carbocycles. The summed E-state index contributed by atoms with van der Waals surface area (Å²) in [5, 5.41) is 9.40. The largest absolute Gasteiger partial charge is 0.448 e. The molecule has 6 rings (SSSR count). The number of ether oxygens (including phenoxy) is 1. The second-order valence-corrected chi connectivity index (χ2v) is 9.50. The number of fused-ring (bicyclic) bond motifs is 5. The summed E-state index contributed by atoms with van der Waals surface area (Å²) < 4.78 is 5.98. The van der Waals surface area contributed by atoms with Gasteiger partial charge in [-0.1, -0.05) is 66.7 Å². The molecule has 0 N–H and O–H groups in total. The standard InChI is InChI=1S/C30H26N2O2/c1-19-20(17-31)7-6-12-24(19)21-15-22-13-14-23(16-21)32(22)30(33)34-18-29-27-10-4-2-8-25(27)26-9-3-5-11-28(26)29/h2-12,15,22-23,29H,13-14,16,18H2,1H3. The van der Waals surface area contributed by atoms with E-state index < -0.39 is 0 Å². The van der Waals surface area contributed by atoms with Gasteiger partial charge in [0.25, 0.3) is 0 Å². The fraction of sp³-hybridized carbons (Fsp3) is 0.267. The fourth-order valence-electron chi connectivity index (χ4n) is 6.09. The molecular weight excluding hydrogens is 420 g/mol. The van der Waals surface area contributed by atoms with E-state index in [4.69, 9.17) is 4.74 Å². The van der Waals surface area contributed by atoms with E-state index in [-0.39, 0.29) is 24.1 Å². The maximum Gasteiger partial charge on any atom is 0.410 e. The normalized spacial score (nSPS) is 20.4. The van der Waals surface area contributed by atoms with Gasteiger partial charge >= 0.3 is 6.09 Å². The molecule has 4 heteroatoms. The Bertz CT molecular complexity index is 1320. The number of hydrogen-bond acceptors (Lipinski definition) is 3. The summed E-state index contributed by atoms with van der Waals surface area (Å²) in [6.45, 7) is 2.36. The van der Waals surface area contributed by atoms with E-state index in [1.807, 2.05) is 24.0 Å². The average molecular weight is 447 g/mol. The van der Waals surface area contributed by atoms with Gasteiger partial charge in [0.2, 0.25) is 0 Å². The molecule has 2 heterocycles. The summed E-state index contributed by atoms with van der Waals surface area (Å²) in [6.07, 6.45) is 4.73. The van der Waals surface area contributed by atoms with Gasteiger partial charge in [0.1, 0.15) is 6.61 Å². The molecule has 2 atom stereocenters. The van der Waals surface area contributed by atoms with Crippen LogP contribution in [0.2, 0.25) is 0 Å². The van der Waals surface area contributed by atoms with Gasteiger partial charge in [-0.25, -0.2) is 4.79 Å². The lowest BCUT2D eigenvalue weighted by atomic mass is 9.90. The number of nitriles is 1. The minimum atomic E-state index is -0.216. The predicted octanol–water partition coefficient (Wildman–Crippen LogP) is 6.44. The quantitative estimate of drug-likeness (QED) is 0.465. The van der Waals surface area contributed by atoms with Gasteiger partial charge in [0.15, 0.2) is 0 Å². The molecular formula is C30H26N2O2. The van der Waals surface area contributed by atoms with Crippen molar-refractivity contribution in [2.24, 2.45) is 0 Å². The second-order valence-electron chi connectivity index (χ2n) is 9.50. The monoisotopic (exact) mass is 446 g/mol. The zero-order chi connectivity index (χ0) is 23.2. The van der Waals surface area contributed by atoms with Crippen LogP contribution in [0.15, 0.2) is 72.8 Å². The zero-order valence-electron chi connectivity index (χ0n) is 19.2. The van der Waals surface area contributed by atoms with E-state index in [0.717, 1.165) is 30.4 Å². The lowest BCUT2D eigenvalue weighted by molar-refractivity contribution is 0.0866. The molecule has 0 radical (unpaired) electrons. The van der Waals surface area contributed by atoms with Crippen molar-refractivity contribution >= 4 is 11.7 Å². The molecule has 1 fully saturated rings. The minimum absolute atomic E-state index is 0.0505. The smallest absolute Gasteiger partial charge is 0.410 e. The average Bonchev–Trinajstić information content (AvgIpc) is 3.33.